The van der Waals surface area contributed by atoms with Gasteiger partial charge in [-0.05, 0) is 47.5 Å². The third kappa shape index (κ3) is 3.85. The zero-order valence-corrected chi connectivity index (χ0v) is 14.6. The normalized spacial score (nSPS) is 13.8. The molecule has 0 radical (unpaired) electrons. The lowest BCUT2D eigenvalue weighted by Gasteiger charge is -2.02. The number of thiazole rings is 1. The first kappa shape index (κ1) is 16.2. The molecule has 1 aliphatic carbocycles. The lowest BCUT2D eigenvalue weighted by Crippen LogP contribution is -2.14. The van der Waals surface area contributed by atoms with Gasteiger partial charge < -0.3 is 5.32 Å². The Labute approximate surface area is 150 Å². The summed E-state index contributed by atoms with van der Waals surface area (Å²) in [4.78, 5) is 16.5. The van der Waals surface area contributed by atoms with Crippen LogP contribution in [0.5, 0.6) is 0 Å². The molecule has 0 unspecified atom stereocenters. The predicted molar refractivity (Wildman–Crippen MR) is 92.9 cm³/mol. The second kappa shape index (κ2) is 6.89. The number of aromatic nitrogens is 5. The molecule has 0 bridgehead atoms. The first-order chi connectivity index (χ1) is 12.2. The number of nitrogens with one attached hydrogen (secondary N) is 1. The van der Waals surface area contributed by atoms with E-state index in [9.17, 15) is 9.18 Å². The summed E-state index contributed by atoms with van der Waals surface area (Å²) in [5.41, 5.74) is 1.50. The number of anilines is 1. The number of amides is 1. The van der Waals surface area contributed by atoms with Crippen LogP contribution in [-0.4, -0.2) is 36.9 Å². The van der Waals surface area contributed by atoms with Crippen LogP contribution in [0.25, 0.3) is 11.3 Å². The van der Waals surface area contributed by atoms with Gasteiger partial charge in [-0.1, -0.05) is 11.8 Å². The predicted octanol–water partition coefficient (Wildman–Crippen LogP) is 3.00. The molecule has 1 N–H and O–H groups in total. The Bertz CT molecular complexity index is 890. The Morgan fingerprint density at radius 1 is 1.36 bits per heavy atom. The number of halogens is 1. The minimum Gasteiger partial charge on any atom is -0.301 e. The monoisotopic (exact) mass is 376 g/mol. The van der Waals surface area contributed by atoms with Gasteiger partial charge in [-0.3, -0.25) is 4.79 Å². The summed E-state index contributed by atoms with van der Waals surface area (Å²) < 4.78 is 14.7. The highest BCUT2D eigenvalue weighted by Crippen LogP contribution is 2.36. The molecule has 0 aliphatic heterocycles. The zero-order chi connectivity index (χ0) is 17.2. The molecule has 1 fully saturated rings. The number of thioether (sulfide) groups is 1. The number of carbonyl (C=O) groups is 1. The summed E-state index contributed by atoms with van der Waals surface area (Å²) >= 11 is 2.63. The number of benzene rings is 1. The molecule has 1 saturated carbocycles. The average Bonchev–Trinajstić information content (AvgIpc) is 3.16. The fourth-order valence-electron chi connectivity index (χ4n) is 2.20. The molecule has 0 saturated heterocycles. The molecule has 1 aliphatic rings. The summed E-state index contributed by atoms with van der Waals surface area (Å²) in [5.74, 6) is -0.258. The molecule has 2 heterocycles. The molecule has 0 atom stereocenters. The maximum Gasteiger partial charge on any atom is 0.236 e. The summed E-state index contributed by atoms with van der Waals surface area (Å²) in [6, 6.07) is 6.45. The average molecular weight is 376 g/mol. The summed E-state index contributed by atoms with van der Waals surface area (Å²) in [6.07, 6.45) is 2.16. The van der Waals surface area contributed by atoms with Gasteiger partial charge in [0.1, 0.15) is 5.82 Å². The van der Waals surface area contributed by atoms with E-state index < -0.39 is 0 Å². The highest BCUT2D eigenvalue weighted by Gasteiger charge is 2.28. The Morgan fingerprint density at radius 3 is 2.92 bits per heavy atom. The van der Waals surface area contributed by atoms with Crippen molar-refractivity contribution in [3.63, 3.8) is 0 Å². The van der Waals surface area contributed by atoms with Crippen molar-refractivity contribution >= 4 is 34.1 Å². The van der Waals surface area contributed by atoms with E-state index in [-0.39, 0.29) is 17.5 Å². The molecule has 3 aromatic rings. The highest BCUT2D eigenvalue weighted by molar-refractivity contribution is 7.99. The number of carbonyl (C=O) groups excluding carboxylic acids is 1. The SMILES string of the molecule is O=C(CSc1nnnn1C1CC1)Nc1nc(-c2ccc(F)cc2)cs1. The molecule has 4 rings (SSSR count). The van der Waals surface area contributed by atoms with E-state index in [0.29, 0.717) is 22.0 Å². The lowest BCUT2D eigenvalue weighted by atomic mass is 10.2. The first-order valence-electron chi connectivity index (χ1n) is 7.61. The molecule has 1 amide bonds. The molecule has 128 valence electrons. The van der Waals surface area contributed by atoms with Gasteiger partial charge in [0, 0.05) is 10.9 Å². The molecule has 7 nitrogen and oxygen atoms in total. The van der Waals surface area contributed by atoms with Crippen LogP contribution in [0, 0.1) is 5.82 Å². The fraction of sp³-hybridized carbons (Fsp3) is 0.267. The standard InChI is InChI=1S/C15H13FN6OS2/c16-10-3-1-9(2-4-10)12-7-24-14(17-12)18-13(23)8-25-15-19-20-21-22(15)11-5-6-11/h1-4,7,11H,5-6,8H2,(H,17,18,23). The van der Waals surface area contributed by atoms with Crippen molar-refractivity contribution in [3.8, 4) is 11.3 Å². The van der Waals surface area contributed by atoms with Gasteiger partial charge in [0.2, 0.25) is 11.1 Å². The minimum atomic E-state index is -0.293. The van der Waals surface area contributed by atoms with Crippen molar-refractivity contribution in [2.75, 3.05) is 11.1 Å². The van der Waals surface area contributed by atoms with Crippen LogP contribution in [0.2, 0.25) is 0 Å². The van der Waals surface area contributed by atoms with E-state index in [1.54, 1.807) is 16.8 Å². The molecule has 2 aromatic heterocycles. The molecular formula is C15H13FN6OS2. The van der Waals surface area contributed by atoms with E-state index >= 15 is 0 Å². The van der Waals surface area contributed by atoms with Gasteiger partial charge in [-0.2, -0.15) is 0 Å². The quantitative estimate of drug-likeness (QED) is 0.666. The largest absolute Gasteiger partial charge is 0.301 e. The highest BCUT2D eigenvalue weighted by atomic mass is 32.2. The molecule has 10 heteroatoms. The van der Waals surface area contributed by atoms with E-state index in [1.165, 1.54) is 35.2 Å². The maximum atomic E-state index is 13.0. The fourth-order valence-corrected chi connectivity index (χ4v) is 3.68. The molecular weight excluding hydrogens is 363 g/mol. The van der Waals surface area contributed by atoms with Crippen molar-refractivity contribution in [1.82, 2.24) is 25.2 Å². The van der Waals surface area contributed by atoms with Gasteiger partial charge in [0.15, 0.2) is 5.13 Å². The molecule has 25 heavy (non-hydrogen) atoms. The molecule has 0 spiro atoms. The Hall–Kier alpha value is -2.33. The molecule has 1 aromatic carbocycles. The topological polar surface area (TPSA) is 85.6 Å². The van der Waals surface area contributed by atoms with Gasteiger partial charge in [0.25, 0.3) is 0 Å². The van der Waals surface area contributed by atoms with Crippen molar-refractivity contribution in [3.05, 3.63) is 35.5 Å². The van der Waals surface area contributed by atoms with E-state index in [4.69, 9.17) is 0 Å². The minimum absolute atomic E-state index is 0.171. The van der Waals surface area contributed by atoms with Crippen molar-refractivity contribution in [1.29, 1.82) is 0 Å². The van der Waals surface area contributed by atoms with Crippen molar-refractivity contribution in [2.24, 2.45) is 0 Å². The van der Waals surface area contributed by atoms with Crippen molar-refractivity contribution in [2.45, 2.75) is 24.0 Å². The number of hydrogen-bond acceptors (Lipinski definition) is 7. The number of hydrogen-bond donors (Lipinski definition) is 1. The summed E-state index contributed by atoms with van der Waals surface area (Å²) in [5, 5.41) is 17.3. The third-order valence-electron chi connectivity index (χ3n) is 3.58. The number of nitrogens with zero attached hydrogens (tertiary/aromatic N) is 5. The van der Waals surface area contributed by atoms with Crippen LogP contribution < -0.4 is 5.32 Å². The van der Waals surface area contributed by atoms with Gasteiger partial charge >= 0.3 is 0 Å². The Balaban J connectivity index is 1.35. The summed E-state index contributed by atoms with van der Waals surface area (Å²) in [7, 11) is 0. The number of tetrazole rings is 1. The zero-order valence-electron chi connectivity index (χ0n) is 12.9. The van der Waals surface area contributed by atoms with Crippen LogP contribution in [0.4, 0.5) is 9.52 Å². The number of rotatable bonds is 6. The lowest BCUT2D eigenvalue weighted by molar-refractivity contribution is -0.113. The van der Waals surface area contributed by atoms with E-state index in [0.717, 1.165) is 18.4 Å². The maximum absolute atomic E-state index is 13.0. The van der Waals surface area contributed by atoms with E-state index in [1.807, 2.05) is 5.38 Å². The Kier molecular flexibility index (Phi) is 4.45. The van der Waals surface area contributed by atoms with Crippen LogP contribution in [0.15, 0.2) is 34.8 Å². The van der Waals surface area contributed by atoms with E-state index in [2.05, 4.69) is 25.8 Å². The first-order valence-corrected chi connectivity index (χ1v) is 9.47. The van der Waals surface area contributed by atoms with Gasteiger partial charge in [-0.15, -0.1) is 16.4 Å². The second-order valence-corrected chi connectivity index (χ2v) is 7.32. The van der Waals surface area contributed by atoms with Crippen LogP contribution in [-0.2, 0) is 4.79 Å². The van der Waals surface area contributed by atoms with Crippen LogP contribution in [0.1, 0.15) is 18.9 Å². The summed E-state index contributed by atoms with van der Waals surface area (Å²) in [6.45, 7) is 0. The van der Waals surface area contributed by atoms with Crippen LogP contribution in [0.3, 0.4) is 0 Å². The van der Waals surface area contributed by atoms with Gasteiger partial charge in [0.05, 0.1) is 17.5 Å². The van der Waals surface area contributed by atoms with Crippen LogP contribution >= 0.6 is 23.1 Å². The third-order valence-corrected chi connectivity index (χ3v) is 5.27. The van der Waals surface area contributed by atoms with Gasteiger partial charge in [-0.25, -0.2) is 14.1 Å². The Morgan fingerprint density at radius 2 is 2.16 bits per heavy atom. The second-order valence-electron chi connectivity index (χ2n) is 5.52. The van der Waals surface area contributed by atoms with Crippen molar-refractivity contribution < 1.29 is 9.18 Å². The smallest absolute Gasteiger partial charge is 0.236 e.